The monoisotopic (exact) mass is 242 g/mol. The minimum atomic E-state index is 0.530. The topological polar surface area (TPSA) is 25.8 Å². The highest BCUT2D eigenvalue weighted by molar-refractivity contribution is 9.09. The summed E-state index contributed by atoms with van der Waals surface area (Å²) < 4.78 is 0. The second kappa shape index (κ2) is 5.32. The lowest BCUT2D eigenvalue weighted by atomic mass is 10.1. The molecule has 2 nitrogen and oxygen atoms in total. The van der Waals surface area contributed by atoms with Gasteiger partial charge in [0.15, 0.2) is 0 Å². The van der Waals surface area contributed by atoms with Crippen molar-refractivity contribution in [2.24, 2.45) is 5.92 Å². The molecule has 0 fully saturated rings. The normalized spacial score (nSPS) is 13.2. The maximum absolute atomic E-state index is 4.18. The van der Waals surface area contributed by atoms with Crippen LogP contribution in [0.5, 0.6) is 0 Å². The average Bonchev–Trinajstić information content (AvgIpc) is 2.04. The second-order valence-electron chi connectivity index (χ2n) is 3.63. The highest BCUT2D eigenvalue weighted by atomic mass is 79.9. The van der Waals surface area contributed by atoms with Crippen molar-refractivity contribution < 1.29 is 0 Å². The molecule has 13 heavy (non-hydrogen) atoms. The summed E-state index contributed by atoms with van der Waals surface area (Å²) in [6.07, 6.45) is 5.56. The Morgan fingerprint density at radius 2 is 2.23 bits per heavy atom. The number of aromatic nitrogens is 2. The Labute approximate surface area is 87.9 Å². The fourth-order valence-corrected chi connectivity index (χ4v) is 2.34. The van der Waals surface area contributed by atoms with E-state index in [1.54, 1.807) is 12.5 Å². The number of rotatable bonds is 4. The van der Waals surface area contributed by atoms with Crippen molar-refractivity contribution in [2.45, 2.75) is 31.5 Å². The molecule has 72 valence electrons. The van der Waals surface area contributed by atoms with Crippen molar-refractivity contribution in [3.63, 3.8) is 0 Å². The van der Waals surface area contributed by atoms with Crippen LogP contribution in [0.4, 0.5) is 0 Å². The van der Waals surface area contributed by atoms with Gasteiger partial charge < -0.3 is 0 Å². The third-order valence-corrected chi connectivity index (χ3v) is 2.50. The SMILES string of the molecule is CC(C)CC(Br)Cc1ccncn1. The molecular weight excluding hydrogens is 228 g/mol. The molecule has 0 saturated heterocycles. The number of alkyl halides is 1. The van der Waals surface area contributed by atoms with Crippen LogP contribution in [0.25, 0.3) is 0 Å². The molecule has 0 aromatic carbocycles. The molecule has 0 saturated carbocycles. The van der Waals surface area contributed by atoms with Gasteiger partial charge in [0.05, 0.1) is 0 Å². The molecule has 1 atom stereocenters. The molecule has 1 aromatic heterocycles. The van der Waals surface area contributed by atoms with E-state index >= 15 is 0 Å². The Hall–Kier alpha value is -0.440. The fourth-order valence-electron chi connectivity index (χ4n) is 1.26. The maximum atomic E-state index is 4.18. The molecule has 0 amide bonds. The van der Waals surface area contributed by atoms with Crippen molar-refractivity contribution in [3.05, 3.63) is 24.3 Å². The lowest BCUT2D eigenvalue weighted by molar-refractivity contribution is 0.568. The van der Waals surface area contributed by atoms with Crippen LogP contribution < -0.4 is 0 Å². The Kier molecular flexibility index (Phi) is 4.36. The maximum Gasteiger partial charge on any atom is 0.115 e. The first-order valence-electron chi connectivity index (χ1n) is 4.57. The van der Waals surface area contributed by atoms with Crippen LogP contribution in [0.15, 0.2) is 18.6 Å². The van der Waals surface area contributed by atoms with Crippen molar-refractivity contribution in [2.75, 3.05) is 0 Å². The average molecular weight is 243 g/mol. The van der Waals surface area contributed by atoms with Crippen LogP contribution in [0.2, 0.25) is 0 Å². The van der Waals surface area contributed by atoms with Gasteiger partial charge in [-0.2, -0.15) is 0 Å². The zero-order valence-corrected chi connectivity index (χ0v) is 9.66. The largest absolute Gasteiger partial charge is 0.245 e. The molecule has 0 aliphatic rings. The summed E-state index contributed by atoms with van der Waals surface area (Å²) in [6.45, 7) is 4.46. The summed E-state index contributed by atoms with van der Waals surface area (Å²) in [5.74, 6) is 0.728. The standard InChI is InChI=1S/C10H15BrN2/c1-8(2)5-9(11)6-10-3-4-12-7-13-10/h3-4,7-9H,5-6H2,1-2H3. The third-order valence-electron chi connectivity index (χ3n) is 1.80. The van der Waals surface area contributed by atoms with E-state index in [-0.39, 0.29) is 0 Å². The lowest BCUT2D eigenvalue weighted by Crippen LogP contribution is -2.07. The first-order valence-corrected chi connectivity index (χ1v) is 5.49. The summed E-state index contributed by atoms with van der Waals surface area (Å²) in [5.41, 5.74) is 1.11. The van der Waals surface area contributed by atoms with Gasteiger partial charge in [-0.3, -0.25) is 0 Å². The number of halogens is 1. The molecule has 0 bridgehead atoms. The molecule has 0 aliphatic heterocycles. The van der Waals surface area contributed by atoms with E-state index in [1.807, 2.05) is 6.07 Å². The lowest BCUT2D eigenvalue weighted by Gasteiger charge is -2.11. The van der Waals surface area contributed by atoms with Gasteiger partial charge in [-0.25, -0.2) is 9.97 Å². The molecule has 0 spiro atoms. The summed E-state index contributed by atoms with van der Waals surface area (Å²) in [5, 5.41) is 0. The van der Waals surface area contributed by atoms with E-state index in [1.165, 1.54) is 6.42 Å². The predicted molar refractivity (Wildman–Crippen MR) is 57.9 cm³/mol. The van der Waals surface area contributed by atoms with E-state index in [4.69, 9.17) is 0 Å². The van der Waals surface area contributed by atoms with Gasteiger partial charge in [-0.05, 0) is 18.4 Å². The highest BCUT2D eigenvalue weighted by Crippen LogP contribution is 2.16. The number of nitrogens with zero attached hydrogens (tertiary/aromatic N) is 2. The van der Waals surface area contributed by atoms with Gasteiger partial charge in [-0.15, -0.1) is 0 Å². The summed E-state index contributed by atoms with van der Waals surface area (Å²) in [6, 6.07) is 1.97. The molecular formula is C10H15BrN2. The van der Waals surface area contributed by atoms with E-state index in [0.717, 1.165) is 18.0 Å². The van der Waals surface area contributed by atoms with Crippen molar-refractivity contribution in [3.8, 4) is 0 Å². The number of hydrogen-bond acceptors (Lipinski definition) is 2. The summed E-state index contributed by atoms with van der Waals surface area (Å²) in [4.78, 5) is 8.60. The molecule has 0 N–H and O–H groups in total. The highest BCUT2D eigenvalue weighted by Gasteiger charge is 2.08. The summed E-state index contributed by atoms with van der Waals surface area (Å²) >= 11 is 3.65. The van der Waals surface area contributed by atoms with Crippen LogP contribution in [-0.4, -0.2) is 14.8 Å². The minimum absolute atomic E-state index is 0.530. The summed E-state index contributed by atoms with van der Waals surface area (Å²) in [7, 11) is 0. The van der Waals surface area contributed by atoms with Crippen LogP contribution in [0, 0.1) is 5.92 Å². The predicted octanol–water partition coefficient (Wildman–Crippen LogP) is 2.83. The van der Waals surface area contributed by atoms with Gasteiger partial charge in [0, 0.05) is 23.1 Å². The molecule has 3 heteroatoms. The Morgan fingerprint density at radius 3 is 2.77 bits per heavy atom. The van der Waals surface area contributed by atoms with E-state index in [0.29, 0.717) is 4.83 Å². The Balaban J connectivity index is 2.41. The second-order valence-corrected chi connectivity index (χ2v) is 4.93. The van der Waals surface area contributed by atoms with Crippen molar-refractivity contribution in [1.29, 1.82) is 0 Å². The Bertz CT molecular complexity index is 236. The zero-order chi connectivity index (χ0) is 9.68. The van der Waals surface area contributed by atoms with Crippen LogP contribution >= 0.6 is 15.9 Å². The van der Waals surface area contributed by atoms with Crippen molar-refractivity contribution >= 4 is 15.9 Å². The van der Waals surface area contributed by atoms with Gasteiger partial charge >= 0.3 is 0 Å². The van der Waals surface area contributed by atoms with Gasteiger partial charge in [0.25, 0.3) is 0 Å². The van der Waals surface area contributed by atoms with E-state index < -0.39 is 0 Å². The zero-order valence-electron chi connectivity index (χ0n) is 8.07. The molecule has 0 aliphatic carbocycles. The Morgan fingerprint density at radius 1 is 1.46 bits per heavy atom. The van der Waals surface area contributed by atoms with Gasteiger partial charge in [-0.1, -0.05) is 29.8 Å². The van der Waals surface area contributed by atoms with Crippen LogP contribution in [-0.2, 0) is 6.42 Å². The van der Waals surface area contributed by atoms with E-state index in [2.05, 4.69) is 39.7 Å². The van der Waals surface area contributed by atoms with Crippen LogP contribution in [0.3, 0.4) is 0 Å². The third kappa shape index (κ3) is 4.36. The smallest absolute Gasteiger partial charge is 0.115 e. The number of hydrogen-bond donors (Lipinski definition) is 0. The van der Waals surface area contributed by atoms with Crippen molar-refractivity contribution in [1.82, 2.24) is 9.97 Å². The van der Waals surface area contributed by atoms with Crippen LogP contribution in [0.1, 0.15) is 26.0 Å². The quantitative estimate of drug-likeness (QED) is 0.760. The first kappa shape index (κ1) is 10.6. The van der Waals surface area contributed by atoms with Gasteiger partial charge in [0.2, 0.25) is 0 Å². The van der Waals surface area contributed by atoms with Gasteiger partial charge in [0.1, 0.15) is 6.33 Å². The molecule has 1 rings (SSSR count). The minimum Gasteiger partial charge on any atom is -0.245 e. The molecule has 1 aromatic rings. The molecule has 0 radical (unpaired) electrons. The van der Waals surface area contributed by atoms with E-state index in [9.17, 15) is 0 Å². The first-order chi connectivity index (χ1) is 6.18. The molecule has 1 heterocycles. The molecule has 1 unspecified atom stereocenters. The fraction of sp³-hybridized carbons (Fsp3) is 0.600.